The van der Waals surface area contributed by atoms with Crippen LogP contribution in [-0.2, 0) is 6.54 Å². The van der Waals surface area contributed by atoms with Crippen LogP contribution in [0.25, 0.3) is 11.3 Å². The molecule has 1 aromatic heterocycles. The molecule has 90 valence electrons. The number of rotatable bonds is 5. The molecule has 2 heteroatoms. The van der Waals surface area contributed by atoms with Crippen molar-refractivity contribution in [2.75, 3.05) is 13.1 Å². The number of hydrogen-bond donors (Lipinski definition) is 0. The molecule has 17 heavy (non-hydrogen) atoms. The second-order valence-electron chi connectivity index (χ2n) is 4.14. The molecule has 0 atom stereocenters. The zero-order chi connectivity index (χ0) is 12.1. The third-order valence-electron chi connectivity index (χ3n) is 3.06. The van der Waals surface area contributed by atoms with Gasteiger partial charge in [-0.2, -0.15) is 0 Å². The molecule has 0 bridgehead atoms. The highest BCUT2D eigenvalue weighted by Gasteiger charge is 2.03. The van der Waals surface area contributed by atoms with Crippen LogP contribution in [0.5, 0.6) is 0 Å². The molecule has 1 aromatic carbocycles. The normalized spacial score (nSPS) is 11.0. The maximum atomic E-state index is 5.37. The van der Waals surface area contributed by atoms with Crippen molar-refractivity contribution in [2.45, 2.75) is 20.4 Å². The molecule has 0 amide bonds. The van der Waals surface area contributed by atoms with Gasteiger partial charge in [0.15, 0.2) is 0 Å². The highest BCUT2D eigenvalue weighted by Crippen LogP contribution is 2.20. The molecule has 0 aliphatic carbocycles. The minimum absolute atomic E-state index is 0.930. The molecule has 0 aliphatic heterocycles. The van der Waals surface area contributed by atoms with Gasteiger partial charge in [0.05, 0.1) is 6.26 Å². The van der Waals surface area contributed by atoms with Gasteiger partial charge in [-0.3, -0.25) is 4.90 Å². The summed E-state index contributed by atoms with van der Waals surface area (Å²) >= 11 is 0. The van der Waals surface area contributed by atoms with Crippen LogP contribution >= 0.6 is 0 Å². The minimum atomic E-state index is 0.930. The van der Waals surface area contributed by atoms with Crippen molar-refractivity contribution in [3.05, 3.63) is 48.2 Å². The highest BCUT2D eigenvalue weighted by atomic mass is 16.3. The molecule has 1 heterocycles. The van der Waals surface area contributed by atoms with Gasteiger partial charge in [-0.1, -0.05) is 38.1 Å². The average Bonchev–Trinajstić information content (AvgIpc) is 2.90. The van der Waals surface area contributed by atoms with Crippen LogP contribution in [0.4, 0.5) is 0 Å². The van der Waals surface area contributed by atoms with E-state index >= 15 is 0 Å². The summed E-state index contributed by atoms with van der Waals surface area (Å²) < 4.78 is 5.37. The Morgan fingerprint density at radius 1 is 1.00 bits per heavy atom. The summed E-state index contributed by atoms with van der Waals surface area (Å²) in [6.07, 6.45) is 1.71. The van der Waals surface area contributed by atoms with Gasteiger partial charge >= 0.3 is 0 Å². The summed E-state index contributed by atoms with van der Waals surface area (Å²) in [5, 5.41) is 0. The second kappa shape index (κ2) is 5.69. The lowest BCUT2D eigenvalue weighted by Crippen LogP contribution is -2.21. The predicted molar refractivity (Wildman–Crippen MR) is 70.8 cm³/mol. The molecule has 2 nitrogen and oxygen atoms in total. The van der Waals surface area contributed by atoms with E-state index < -0.39 is 0 Å². The van der Waals surface area contributed by atoms with Crippen LogP contribution in [0.1, 0.15) is 19.4 Å². The Morgan fingerprint density at radius 3 is 2.24 bits per heavy atom. The van der Waals surface area contributed by atoms with Crippen LogP contribution in [0.3, 0.4) is 0 Å². The minimum Gasteiger partial charge on any atom is -0.464 e. The maximum absolute atomic E-state index is 5.37. The summed E-state index contributed by atoms with van der Waals surface area (Å²) in [6, 6.07) is 12.5. The first-order valence-corrected chi connectivity index (χ1v) is 6.18. The first kappa shape index (κ1) is 11.9. The van der Waals surface area contributed by atoms with E-state index in [9.17, 15) is 0 Å². The number of furan rings is 1. The zero-order valence-electron chi connectivity index (χ0n) is 10.5. The summed E-state index contributed by atoms with van der Waals surface area (Å²) in [5.41, 5.74) is 2.49. The summed E-state index contributed by atoms with van der Waals surface area (Å²) in [4.78, 5) is 2.40. The Balaban J connectivity index is 2.08. The Labute approximate surface area is 103 Å². The molecular formula is C15H19NO. The Bertz CT molecular complexity index is 426. The van der Waals surface area contributed by atoms with Crippen molar-refractivity contribution < 1.29 is 4.42 Å². The van der Waals surface area contributed by atoms with Crippen molar-refractivity contribution in [1.29, 1.82) is 0 Å². The smallest absolute Gasteiger partial charge is 0.133 e. The van der Waals surface area contributed by atoms with Crippen LogP contribution in [0.15, 0.2) is 47.1 Å². The van der Waals surface area contributed by atoms with Crippen molar-refractivity contribution >= 4 is 0 Å². The van der Waals surface area contributed by atoms with Crippen LogP contribution < -0.4 is 0 Å². The monoisotopic (exact) mass is 229 g/mol. The van der Waals surface area contributed by atoms with E-state index in [1.165, 1.54) is 5.56 Å². The molecule has 0 aliphatic rings. The molecule has 0 unspecified atom stereocenters. The SMILES string of the molecule is CCN(CC)Cc1ccc(-c2ccco2)cc1. The van der Waals surface area contributed by atoms with E-state index in [0.717, 1.165) is 31.0 Å². The van der Waals surface area contributed by atoms with Gasteiger partial charge in [0.25, 0.3) is 0 Å². The Kier molecular flexibility index (Phi) is 3.99. The molecule has 0 fully saturated rings. The van der Waals surface area contributed by atoms with Gasteiger partial charge in [-0.05, 0) is 30.8 Å². The second-order valence-corrected chi connectivity index (χ2v) is 4.14. The first-order chi connectivity index (χ1) is 8.33. The molecule has 2 rings (SSSR count). The Morgan fingerprint density at radius 2 is 1.71 bits per heavy atom. The molecule has 0 N–H and O–H groups in total. The molecular weight excluding hydrogens is 210 g/mol. The molecule has 0 saturated carbocycles. The molecule has 2 aromatic rings. The van der Waals surface area contributed by atoms with Crippen LogP contribution in [-0.4, -0.2) is 18.0 Å². The maximum Gasteiger partial charge on any atom is 0.133 e. The predicted octanol–water partition coefficient (Wildman–Crippen LogP) is 3.79. The van der Waals surface area contributed by atoms with Crippen molar-refractivity contribution in [3.63, 3.8) is 0 Å². The fourth-order valence-corrected chi connectivity index (χ4v) is 1.92. The summed E-state index contributed by atoms with van der Waals surface area (Å²) in [7, 11) is 0. The summed E-state index contributed by atoms with van der Waals surface area (Å²) in [6.45, 7) is 7.60. The standard InChI is InChI=1S/C15H19NO/c1-3-16(4-2)12-13-7-9-14(10-8-13)15-6-5-11-17-15/h5-11H,3-4,12H2,1-2H3. The third-order valence-corrected chi connectivity index (χ3v) is 3.06. The third kappa shape index (κ3) is 2.98. The number of hydrogen-bond acceptors (Lipinski definition) is 2. The van der Waals surface area contributed by atoms with Crippen molar-refractivity contribution in [1.82, 2.24) is 4.90 Å². The van der Waals surface area contributed by atoms with Gasteiger partial charge in [0, 0.05) is 12.1 Å². The van der Waals surface area contributed by atoms with E-state index in [0.29, 0.717) is 0 Å². The quantitative estimate of drug-likeness (QED) is 0.775. The fourth-order valence-electron chi connectivity index (χ4n) is 1.92. The van der Waals surface area contributed by atoms with Gasteiger partial charge < -0.3 is 4.42 Å². The van der Waals surface area contributed by atoms with Crippen LogP contribution in [0, 0.1) is 0 Å². The van der Waals surface area contributed by atoms with E-state index in [4.69, 9.17) is 4.42 Å². The largest absolute Gasteiger partial charge is 0.464 e. The first-order valence-electron chi connectivity index (χ1n) is 6.18. The lowest BCUT2D eigenvalue weighted by molar-refractivity contribution is 0.296. The van der Waals surface area contributed by atoms with E-state index in [-0.39, 0.29) is 0 Å². The van der Waals surface area contributed by atoms with Gasteiger partial charge in [0.2, 0.25) is 0 Å². The fraction of sp³-hybridized carbons (Fsp3) is 0.333. The highest BCUT2D eigenvalue weighted by molar-refractivity contribution is 5.57. The lowest BCUT2D eigenvalue weighted by Gasteiger charge is -2.17. The zero-order valence-corrected chi connectivity index (χ0v) is 10.5. The molecule has 0 spiro atoms. The lowest BCUT2D eigenvalue weighted by atomic mass is 10.1. The average molecular weight is 229 g/mol. The van der Waals surface area contributed by atoms with E-state index in [1.54, 1.807) is 6.26 Å². The summed E-state index contributed by atoms with van der Waals surface area (Å²) in [5.74, 6) is 0.930. The number of nitrogens with zero attached hydrogens (tertiary/aromatic N) is 1. The topological polar surface area (TPSA) is 16.4 Å². The molecule has 0 radical (unpaired) electrons. The van der Waals surface area contributed by atoms with Gasteiger partial charge in [-0.25, -0.2) is 0 Å². The van der Waals surface area contributed by atoms with Crippen molar-refractivity contribution in [3.8, 4) is 11.3 Å². The Hall–Kier alpha value is -1.54. The van der Waals surface area contributed by atoms with E-state index in [2.05, 4.69) is 43.0 Å². The van der Waals surface area contributed by atoms with Crippen molar-refractivity contribution in [2.24, 2.45) is 0 Å². The van der Waals surface area contributed by atoms with Gasteiger partial charge in [0.1, 0.15) is 5.76 Å². The van der Waals surface area contributed by atoms with Gasteiger partial charge in [-0.15, -0.1) is 0 Å². The van der Waals surface area contributed by atoms with Crippen LogP contribution in [0.2, 0.25) is 0 Å². The van der Waals surface area contributed by atoms with E-state index in [1.807, 2.05) is 12.1 Å². The number of benzene rings is 1. The molecule has 0 saturated heterocycles.